The molecule has 0 aliphatic heterocycles. The average Bonchev–Trinajstić information content (AvgIpc) is 3.05. The Morgan fingerprint density at radius 1 is 1.07 bits per heavy atom. The third-order valence-corrected chi connectivity index (χ3v) is 5.37. The molecule has 0 aliphatic carbocycles. The van der Waals surface area contributed by atoms with Crippen molar-refractivity contribution >= 4 is 23.4 Å². The quantitative estimate of drug-likeness (QED) is 0.410. The first-order valence-electron chi connectivity index (χ1n) is 9.15. The van der Waals surface area contributed by atoms with Crippen LogP contribution in [0.5, 0.6) is 5.75 Å². The van der Waals surface area contributed by atoms with Gasteiger partial charge in [0.25, 0.3) is 0 Å². The highest BCUT2D eigenvalue weighted by Gasteiger charge is 2.21. The van der Waals surface area contributed by atoms with Gasteiger partial charge in [-0.05, 0) is 42.7 Å². The largest absolute Gasteiger partial charge is 0.480 e. The Kier molecular flexibility index (Phi) is 6.97. The molecule has 4 nitrogen and oxygen atoms in total. The Morgan fingerprint density at radius 3 is 2.46 bits per heavy atom. The number of ether oxygens (including phenoxy) is 1. The first kappa shape index (κ1) is 20.7. The van der Waals surface area contributed by atoms with E-state index in [-0.39, 0.29) is 11.6 Å². The lowest BCUT2D eigenvalue weighted by Crippen LogP contribution is -2.15. The molecule has 0 aliphatic rings. The van der Waals surface area contributed by atoms with Crippen molar-refractivity contribution in [1.82, 2.24) is 14.8 Å². The van der Waals surface area contributed by atoms with E-state index in [0.717, 1.165) is 28.0 Å². The van der Waals surface area contributed by atoms with E-state index in [4.69, 9.17) is 16.3 Å². The van der Waals surface area contributed by atoms with Gasteiger partial charge >= 0.3 is 0 Å². The fraction of sp³-hybridized carbons (Fsp3) is 0.333. The number of para-hydroxylation sites is 1. The smallest absolute Gasteiger partial charge is 0.191 e. The van der Waals surface area contributed by atoms with Gasteiger partial charge < -0.3 is 9.30 Å². The van der Waals surface area contributed by atoms with E-state index >= 15 is 0 Å². The number of aromatic nitrogens is 3. The summed E-state index contributed by atoms with van der Waals surface area (Å²) in [4.78, 5) is 0. The third-order valence-electron chi connectivity index (χ3n) is 4.08. The molecule has 0 saturated carbocycles. The number of rotatable bonds is 8. The molecule has 2 aromatic carbocycles. The Hall–Kier alpha value is -2.05. The zero-order valence-electron chi connectivity index (χ0n) is 16.1. The summed E-state index contributed by atoms with van der Waals surface area (Å²) in [5, 5.41) is 10.3. The van der Waals surface area contributed by atoms with E-state index in [1.165, 1.54) is 6.07 Å². The maximum absolute atomic E-state index is 13.9. The van der Waals surface area contributed by atoms with Crippen LogP contribution in [0.4, 0.5) is 4.39 Å². The van der Waals surface area contributed by atoms with Gasteiger partial charge in [0.05, 0.1) is 0 Å². The summed E-state index contributed by atoms with van der Waals surface area (Å²) >= 11 is 7.57. The van der Waals surface area contributed by atoms with Crippen LogP contribution in [-0.4, -0.2) is 14.8 Å². The van der Waals surface area contributed by atoms with Crippen molar-refractivity contribution in [1.29, 1.82) is 0 Å². The molecule has 0 fully saturated rings. The van der Waals surface area contributed by atoms with E-state index in [2.05, 4.69) is 28.6 Å². The van der Waals surface area contributed by atoms with Crippen LogP contribution in [0.1, 0.15) is 38.3 Å². The number of thioether (sulfide) groups is 1. The second-order valence-electron chi connectivity index (χ2n) is 6.95. The molecular formula is C21H23ClFN3OS. The third kappa shape index (κ3) is 5.26. The molecule has 148 valence electrons. The summed E-state index contributed by atoms with van der Waals surface area (Å²) in [5.41, 5.74) is 1.16. The standard InChI is InChI=1S/C21H23ClFN3OS/c1-14(2)12-26-20(15(3)27-19-7-5-4-6-18(19)23)24-25-21(26)28-13-16-8-10-17(22)11-9-16/h4-11,14-15H,12-13H2,1-3H3. The van der Waals surface area contributed by atoms with Gasteiger partial charge in [0.2, 0.25) is 0 Å². The van der Waals surface area contributed by atoms with Gasteiger partial charge in [0.15, 0.2) is 28.7 Å². The predicted molar refractivity (Wildman–Crippen MR) is 111 cm³/mol. The lowest BCUT2D eigenvalue weighted by Gasteiger charge is -2.18. The minimum atomic E-state index is -0.423. The van der Waals surface area contributed by atoms with E-state index in [1.807, 2.05) is 31.2 Å². The van der Waals surface area contributed by atoms with Crippen LogP contribution in [0.3, 0.4) is 0 Å². The van der Waals surface area contributed by atoms with Gasteiger partial charge in [-0.2, -0.15) is 0 Å². The van der Waals surface area contributed by atoms with Crippen LogP contribution in [0.25, 0.3) is 0 Å². The lowest BCUT2D eigenvalue weighted by molar-refractivity contribution is 0.198. The molecule has 7 heteroatoms. The van der Waals surface area contributed by atoms with E-state index < -0.39 is 6.10 Å². The molecule has 3 aromatic rings. The van der Waals surface area contributed by atoms with Crippen molar-refractivity contribution < 1.29 is 9.13 Å². The van der Waals surface area contributed by atoms with Gasteiger partial charge in [-0.1, -0.05) is 61.5 Å². The summed E-state index contributed by atoms with van der Waals surface area (Å²) in [7, 11) is 0. The van der Waals surface area contributed by atoms with Crippen molar-refractivity contribution in [2.24, 2.45) is 5.92 Å². The number of nitrogens with zero attached hydrogens (tertiary/aromatic N) is 3. The molecular weight excluding hydrogens is 397 g/mol. The molecule has 0 bridgehead atoms. The summed E-state index contributed by atoms with van der Waals surface area (Å²) in [6.07, 6.45) is -0.423. The molecule has 0 N–H and O–H groups in total. The highest BCUT2D eigenvalue weighted by atomic mass is 35.5. The SMILES string of the molecule is CC(C)Cn1c(SCc2ccc(Cl)cc2)nnc1C(C)Oc1ccccc1F. The van der Waals surface area contributed by atoms with Crippen LogP contribution in [0.2, 0.25) is 5.02 Å². The molecule has 0 saturated heterocycles. The zero-order chi connectivity index (χ0) is 20.1. The summed E-state index contributed by atoms with van der Waals surface area (Å²) < 4.78 is 21.8. The Morgan fingerprint density at radius 2 is 1.79 bits per heavy atom. The molecule has 28 heavy (non-hydrogen) atoms. The second-order valence-corrected chi connectivity index (χ2v) is 8.33. The number of benzene rings is 2. The fourth-order valence-corrected chi connectivity index (χ4v) is 3.79. The first-order chi connectivity index (χ1) is 13.4. The summed E-state index contributed by atoms with van der Waals surface area (Å²) in [6, 6.07) is 14.2. The predicted octanol–water partition coefficient (Wildman–Crippen LogP) is 6.16. The van der Waals surface area contributed by atoms with Crippen molar-refractivity contribution in [3.63, 3.8) is 0 Å². The second kappa shape index (κ2) is 9.43. The maximum atomic E-state index is 13.9. The molecule has 1 atom stereocenters. The molecule has 1 unspecified atom stereocenters. The minimum Gasteiger partial charge on any atom is -0.480 e. The topological polar surface area (TPSA) is 39.9 Å². The van der Waals surface area contributed by atoms with Crippen molar-refractivity contribution in [2.75, 3.05) is 0 Å². The van der Waals surface area contributed by atoms with Crippen LogP contribution >= 0.6 is 23.4 Å². The molecule has 0 spiro atoms. The van der Waals surface area contributed by atoms with Crippen LogP contribution in [0.15, 0.2) is 53.7 Å². The van der Waals surface area contributed by atoms with Gasteiger partial charge in [-0.3, -0.25) is 0 Å². The molecule has 1 heterocycles. The Bertz CT molecular complexity index is 914. The average molecular weight is 420 g/mol. The lowest BCUT2D eigenvalue weighted by atomic mass is 10.2. The number of hydrogen-bond donors (Lipinski definition) is 0. The summed E-state index contributed by atoms with van der Waals surface area (Å²) in [6.45, 7) is 6.90. The maximum Gasteiger partial charge on any atom is 0.191 e. The molecule has 3 rings (SSSR count). The minimum absolute atomic E-state index is 0.212. The first-order valence-corrected chi connectivity index (χ1v) is 10.5. The Balaban J connectivity index is 1.79. The van der Waals surface area contributed by atoms with Crippen molar-refractivity contribution in [3.05, 3.63) is 70.8 Å². The van der Waals surface area contributed by atoms with Gasteiger partial charge in [0, 0.05) is 17.3 Å². The van der Waals surface area contributed by atoms with Crippen molar-refractivity contribution in [2.45, 2.75) is 44.3 Å². The van der Waals surface area contributed by atoms with Crippen LogP contribution in [-0.2, 0) is 12.3 Å². The highest BCUT2D eigenvalue weighted by Crippen LogP contribution is 2.28. The number of hydrogen-bond acceptors (Lipinski definition) is 4. The molecule has 1 aromatic heterocycles. The Labute approximate surface area is 174 Å². The van der Waals surface area contributed by atoms with Crippen LogP contribution in [0, 0.1) is 11.7 Å². The van der Waals surface area contributed by atoms with E-state index in [1.54, 1.807) is 30.0 Å². The fourth-order valence-electron chi connectivity index (χ4n) is 2.76. The molecule has 0 radical (unpaired) electrons. The molecule has 0 amide bonds. The number of halogens is 2. The normalized spacial score (nSPS) is 12.4. The van der Waals surface area contributed by atoms with Crippen LogP contribution < -0.4 is 4.74 Å². The summed E-state index contributed by atoms with van der Waals surface area (Å²) in [5.74, 6) is 1.68. The van der Waals surface area contributed by atoms with E-state index in [0.29, 0.717) is 11.7 Å². The zero-order valence-corrected chi connectivity index (χ0v) is 17.7. The van der Waals surface area contributed by atoms with Gasteiger partial charge in [-0.25, -0.2) is 4.39 Å². The monoisotopic (exact) mass is 419 g/mol. The van der Waals surface area contributed by atoms with Gasteiger partial charge in [-0.15, -0.1) is 10.2 Å². The van der Waals surface area contributed by atoms with E-state index in [9.17, 15) is 4.39 Å². The highest BCUT2D eigenvalue weighted by molar-refractivity contribution is 7.98. The van der Waals surface area contributed by atoms with Crippen molar-refractivity contribution in [3.8, 4) is 5.75 Å². The van der Waals surface area contributed by atoms with Gasteiger partial charge in [0.1, 0.15) is 0 Å².